The van der Waals surface area contributed by atoms with E-state index >= 15 is 0 Å². The van der Waals surface area contributed by atoms with Crippen LogP contribution in [0.15, 0.2) is 5.38 Å². The molecule has 0 fully saturated rings. The van der Waals surface area contributed by atoms with E-state index < -0.39 is 0 Å². The van der Waals surface area contributed by atoms with Gasteiger partial charge in [-0.1, -0.05) is 0 Å². The average molecular weight is 255 g/mol. The van der Waals surface area contributed by atoms with Crippen molar-refractivity contribution in [2.75, 3.05) is 0 Å². The number of aryl methyl sites for hydroxylation is 1. The summed E-state index contributed by atoms with van der Waals surface area (Å²) >= 11 is 1.63. The second-order valence-corrected chi connectivity index (χ2v) is 5.63. The van der Waals surface area contributed by atoms with Gasteiger partial charge in [-0.25, -0.2) is 4.98 Å². The van der Waals surface area contributed by atoms with Gasteiger partial charge in [0.1, 0.15) is 0 Å². The zero-order valence-electron chi connectivity index (χ0n) is 11.1. The highest BCUT2D eigenvalue weighted by molar-refractivity contribution is 7.09. The maximum absolute atomic E-state index is 11.7. The van der Waals surface area contributed by atoms with E-state index in [1.165, 1.54) is 0 Å². The smallest absolute Gasteiger partial charge is 0.237 e. The molecule has 0 saturated carbocycles. The van der Waals surface area contributed by atoms with E-state index in [1.54, 1.807) is 11.3 Å². The summed E-state index contributed by atoms with van der Waals surface area (Å²) in [6, 6.07) is 0.0471. The van der Waals surface area contributed by atoms with Crippen LogP contribution in [0.5, 0.6) is 0 Å². The molecular formula is C12H21N3OS. The third-order valence-corrected chi connectivity index (χ3v) is 3.20. The van der Waals surface area contributed by atoms with Gasteiger partial charge < -0.3 is 5.32 Å². The van der Waals surface area contributed by atoms with Gasteiger partial charge in [-0.15, -0.1) is 11.3 Å². The number of thiazole rings is 1. The summed E-state index contributed by atoms with van der Waals surface area (Å²) in [6.45, 7) is 9.78. The Morgan fingerprint density at radius 3 is 2.47 bits per heavy atom. The van der Waals surface area contributed by atoms with Gasteiger partial charge in [0, 0.05) is 17.5 Å². The highest BCUT2D eigenvalue weighted by Gasteiger charge is 2.17. The average Bonchev–Trinajstić information content (AvgIpc) is 2.63. The summed E-state index contributed by atoms with van der Waals surface area (Å²) in [6.07, 6.45) is 0. The van der Waals surface area contributed by atoms with Gasteiger partial charge in [-0.05, 0) is 34.6 Å². The molecule has 2 unspecified atom stereocenters. The molecule has 1 aromatic rings. The van der Waals surface area contributed by atoms with E-state index in [0.29, 0.717) is 0 Å². The molecule has 0 bridgehead atoms. The molecule has 0 saturated heterocycles. The summed E-state index contributed by atoms with van der Waals surface area (Å²) in [5.74, 6) is 0.0267. The van der Waals surface area contributed by atoms with Crippen molar-refractivity contribution in [2.45, 2.75) is 52.7 Å². The summed E-state index contributed by atoms with van der Waals surface area (Å²) in [7, 11) is 0. The summed E-state index contributed by atoms with van der Waals surface area (Å²) in [4.78, 5) is 16.1. The van der Waals surface area contributed by atoms with Gasteiger partial charge in [-0.2, -0.15) is 0 Å². The maximum atomic E-state index is 11.7. The Balaban J connectivity index is 2.51. The van der Waals surface area contributed by atoms with E-state index in [0.717, 1.165) is 10.7 Å². The predicted octanol–water partition coefficient (Wildman–Crippen LogP) is 2.02. The van der Waals surface area contributed by atoms with Crippen LogP contribution in [-0.2, 0) is 4.79 Å². The van der Waals surface area contributed by atoms with Crippen molar-refractivity contribution in [3.8, 4) is 0 Å². The van der Waals surface area contributed by atoms with Crippen LogP contribution in [0.25, 0.3) is 0 Å². The zero-order chi connectivity index (χ0) is 13.0. The molecule has 2 atom stereocenters. The van der Waals surface area contributed by atoms with Gasteiger partial charge >= 0.3 is 0 Å². The van der Waals surface area contributed by atoms with Crippen LogP contribution in [0.2, 0.25) is 0 Å². The normalized spacial score (nSPS) is 14.7. The van der Waals surface area contributed by atoms with Crippen LogP contribution in [0.3, 0.4) is 0 Å². The van der Waals surface area contributed by atoms with Gasteiger partial charge in [-0.3, -0.25) is 10.1 Å². The second kappa shape index (κ2) is 6.12. The van der Waals surface area contributed by atoms with Crippen molar-refractivity contribution >= 4 is 17.2 Å². The fourth-order valence-corrected chi connectivity index (χ4v) is 2.23. The van der Waals surface area contributed by atoms with E-state index in [4.69, 9.17) is 0 Å². The van der Waals surface area contributed by atoms with Gasteiger partial charge in [0.15, 0.2) is 0 Å². The number of nitrogens with one attached hydrogen (secondary N) is 2. The first-order chi connectivity index (χ1) is 7.90. The van der Waals surface area contributed by atoms with Crippen molar-refractivity contribution in [1.29, 1.82) is 0 Å². The van der Waals surface area contributed by atoms with Gasteiger partial charge in [0.05, 0.1) is 16.7 Å². The lowest BCUT2D eigenvalue weighted by molar-refractivity contribution is -0.123. The lowest BCUT2D eigenvalue weighted by atomic mass is 10.2. The molecule has 1 aromatic heterocycles. The second-order valence-electron chi connectivity index (χ2n) is 4.56. The van der Waals surface area contributed by atoms with Crippen molar-refractivity contribution < 1.29 is 4.79 Å². The van der Waals surface area contributed by atoms with E-state index in [-0.39, 0.29) is 24.0 Å². The molecule has 2 N–H and O–H groups in total. The molecule has 17 heavy (non-hydrogen) atoms. The van der Waals surface area contributed by atoms with Gasteiger partial charge in [0.25, 0.3) is 0 Å². The van der Waals surface area contributed by atoms with Crippen LogP contribution in [0, 0.1) is 6.92 Å². The molecule has 0 aromatic carbocycles. The Bertz CT molecular complexity index is 376. The molecule has 1 amide bonds. The fraction of sp³-hybridized carbons (Fsp3) is 0.667. The lowest BCUT2D eigenvalue weighted by Gasteiger charge is -2.19. The molecule has 0 aliphatic rings. The lowest BCUT2D eigenvalue weighted by Crippen LogP contribution is -2.45. The van der Waals surface area contributed by atoms with E-state index in [1.807, 2.05) is 40.0 Å². The van der Waals surface area contributed by atoms with Crippen LogP contribution < -0.4 is 10.6 Å². The van der Waals surface area contributed by atoms with E-state index in [2.05, 4.69) is 15.6 Å². The summed E-state index contributed by atoms with van der Waals surface area (Å²) in [5, 5.41) is 9.21. The van der Waals surface area contributed by atoms with Crippen molar-refractivity contribution in [2.24, 2.45) is 0 Å². The Labute approximate surface area is 107 Å². The van der Waals surface area contributed by atoms with Crippen LogP contribution in [-0.4, -0.2) is 23.0 Å². The minimum Gasteiger partial charge on any atom is -0.353 e. The molecule has 0 radical (unpaired) electrons. The van der Waals surface area contributed by atoms with Crippen molar-refractivity contribution in [3.05, 3.63) is 16.1 Å². The molecule has 0 aliphatic heterocycles. The third-order valence-electron chi connectivity index (χ3n) is 2.40. The minimum absolute atomic E-state index is 0.0267. The number of hydrogen-bond donors (Lipinski definition) is 2. The topological polar surface area (TPSA) is 54.0 Å². The number of nitrogens with zero attached hydrogens (tertiary/aromatic N) is 1. The predicted molar refractivity (Wildman–Crippen MR) is 71.1 cm³/mol. The Hall–Kier alpha value is -0.940. The number of aromatic nitrogens is 1. The largest absolute Gasteiger partial charge is 0.353 e. The van der Waals surface area contributed by atoms with Gasteiger partial charge in [0.2, 0.25) is 5.91 Å². The quantitative estimate of drug-likeness (QED) is 0.846. The Morgan fingerprint density at radius 1 is 1.35 bits per heavy atom. The first kappa shape index (κ1) is 14.1. The molecule has 96 valence electrons. The zero-order valence-corrected chi connectivity index (χ0v) is 11.9. The highest BCUT2D eigenvalue weighted by atomic mass is 32.1. The van der Waals surface area contributed by atoms with Crippen LogP contribution in [0.4, 0.5) is 0 Å². The summed E-state index contributed by atoms with van der Waals surface area (Å²) in [5.41, 5.74) is 0.997. The first-order valence-corrected chi connectivity index (χ1v) is 6.76. The standard InChI is InChI=1S/C12H21N3OS/c1-7(2)13-12(16)9(4)14-8(3)11-6-17-10(5)15-11/h6-9,14H,1-5H3,(H,13,16). The number of carbonyl (C=O) groups is 1. The SMILES string of the molecule is Cc1nc(C(C)NC(C)C(=O)NC(C)C)cs1. The summed E-state index contributed by atoms with van der Waals surface area (Å²) < 4.78 is 0. The monoisotopic (exact) mass is 255 g/mol. The maximum Gasteiger partial charge on any atom is 0.237 e. The first-order valence-electron chi connectivity index (χ1n) is 5.88. The molecular weight excluding hydrogens is 234 g/mol. The molecule has 1 heterocycles. The number of carbonyl (C=O) groups excluding carboxylic acids is 1. The van der Waals surface area contributed by atoms with Crippen LogP contribution in [0.1, 0.15) is 44.4 Å². The number of amides is 1. The van der Waals surface area contributed by atoms with E-state index in [9.17, 15) is 4.79 Å². The van der Waals surface area contributed by atoms with Crippen LogP contribution >= 0.6 is 11.3 Å². The van der Waals surface area contributed by atoms with Crippen molar-refractivity contribution in [3.63, 3.8) is 0 Å². The fourth-order valence-electron chi connectivity index (χ4n) is 1.52. The number of rotatable bonds is 5. The molecule has 1 rings (SSSR count). The Morgan fingerprint density at radius 2 is 2.00 bits per heavy atom. The molecule has 0 spiro atoms. The van der Waals surface area contributed by atoms with Crippen molar-refractivity contribution in [1.82, 2.24) is 15.6 Å². The minimum atomic E-state index is -0.214. The molecule has 4 nitrogen and oxygen atoms in total. The highest BCUT2D eigenvalue weighted by Crippen LogP contribution is 2.16. The molecule has 0 aliphatic carbocycles. The Kier molecular flexibility index (Phi) is 5.08. The number of hydrogen-bond acceptors (Lipinski definition) is 4. The third kappa shape index (κ3) is 4.44. The molecule has 5 heteroatoms.